The lowest BCUT2D eigenvalue weighted by atomic mass is 9.98. The minimum Gasteiger partial charge on any atom is -0.367 e. The highest BCUT2D eigenvalue weighted by molar-refractivity contribution is 5.51. The van der Waals surface area contributed by atoms with Crippen molar-refractivity contribution in [3.8, 4) is 0 Å². The van der Waals surface area contributed by atoms with Crippen LogP contribution < -0.4 is 10.2 Å². The highest BCUT2D eigenvalue weighted by Crippen LogP contribution is 2.29. The Morgan fingerprint density at radius 2 is 1.67 bits per heavy atom. The van der Waals surface area contributed by atoms with E-state index in [0.29, 0.717) is 18.0 Å². The molecule has 0 radical (unpaired) electrons. The maximum atomic E-state index is 14.3. The average molecular weight is 296 g/mol. The van der Waals surface area contributed by atoms with E-state index in [1.165, 1.54) is 12.1 Å². The Morgan fingerprint density at radius 1 is 1.14 bits per heavy atom. The zero-order valence-electron chi connectivity index (χ0n) is 13.5. The molecule has 0 spiro atoms. The Kier molecular flexibility index (Phi) is 4.87. The average Bonchev–Trinajstić information content (AvgIpc) is 2.37. The standard InChI is InChI=1S/C17H26F2N2/c1-12-5-7-21(8-6-12)16-14(18)9-13(10-15(16)19)11-20-17(2,3)4/h9-10,12,20H,5-8,11H2,1-4H3. The summed E-state index contributed by atoms with van der Waals surface area (Å²) < 4.78 is 28.6. The van der Waals surface area contributed by atoms with Crippen LogP contribution in [0.5, 0.6) is 0 Å². The lowest BCUT2D eigenvalue weighted by Crippen LogP contribution is -2.35. The van der Waals surface area contributed by atoms with Gasteiger partial charge in [0.05, 0.1) is 0 Å². The van der Waals surface area contributed by atoms with Crippen LogP contribution >= 0.6 is 0 Å². The monoisotopic (exact) mass is 296 g/mol. The molecular formula is C17H26F2N2. The van der Waals surface area contributed by atoms with E-state index in [-0.39, 0.29) is 11.2 Å². The second kappa shape index (κ2) is 6.30. The van der Waals surface area contributed by atoms with Gasteiger partial charge in [0.2, 0.25) is 0 Å². The Balaban J connectivity index is 2.14. The fourth-order valence-corrected chi connectivity index (χ4v) is 2.62. The first-order valence-corrected chi connectivity index (χ1v) is 7.74. The van der Waals surface area contributed by atoms with Crippen molar-refractivity contribution in [3.63, 3.8) is 0 Å². The van der Waals surface area contributed by atoms with Crippen molar-refractivity contribution in [2.24, 2.45) is 5.92 Å². The summed E-state index contributed by atoms with van der Waals surface area (Å²) in [5, 5.41) is 3.25. The highest BCUT2D eigenvalue weighted by atomic mass is 19.1. The molecule has 1 aliphatic heterocycles. The number of anilines is 1. The number of hydrogen-bond donors (Lipinski definition) is 1. The Morgan fingerprint density at radius 3 is 2.14 bits per heavy atom. The van der Waals surface area contributed by atoms with Crippen molar-refractivity contribution in [1.29, 1.82) is 0 Å². The van der Waals surface area contributed by atoms with Crippen molar-refractivity contribution in [2.45, 2.75) is 52.6 Å². The summed E-state index contributed by atoms with van der Waals surface area (Å²) in [5.41, 5.74) is 0.713. The largest absolute Gasteiger partial charge is 0.367 e. The summed E-state index contributed by atoms with van der Waals surface area (Å²) in [4.78, 5) is 1.84. The van der Waals surface area contributed by atoms with Gasteiger partial charge in [-0.2, -0.15) is 0 Å². The molecule has 1 aromatic rings. The van der Waals surface area contributed by atoms with E-state index < -0.39 is 11.6 Å². The molecule has 1 N–H and O–H groups in total. The molecule has 0 aromatic heterocycles. The van der Waals surface area contributed by atoms with Gasteiger partial charge in [0.1, 0.15) is 17.3 Å². The zero-order chi connectivity index (χ0) is 15.6. The first-order valence-electron chi connectivity index (χ1n) is 7.74. The first-order chi connectivity index (χ1) is 9.76. The van der Waals surface area contributed by atoms with Crippen molar-refractivity contribution in [2.75, 3.05) is 18.0 Å². The van der Waals surface area contributed by atoms with Crippen LogP contribution in [0.2, 0.25) is 0 Å². The summed E-state index contributed by atoms with van der Waals surface area (Å²) >= 11 is 0. The molecule has 118 valence electrons. The van der Waals surface area contributed by atoms with Gasteiger partial charge in [-0.05, 0) is 57.2 Å². The Labute approximate surface area is 126 Å². The molecule has 21 heavy (non-hydrogen) atoms. The van der Waals surface area contributed by atoms with Crippen LogP contribution in [0, 0.1) is 17.6 Å². The molecule has 4 heteroatoms. The van der Waals surface area contributed by atoms with Gasteiger partial charge >= 0.3 is 0 Å². The van der Waals surface area contributed by atoms with Crippen LogP contribution in [-0.4, -0.2) is 18.6 Å². The van der Waals surface area contributed by atoms with E-state index in [1.807, 2.05) is 25.7 Å². The van der Waals surface area contributed by atoms with Gasteiger partial charge in [-0.1, -0.05) is 6.92 Å². The topological polar surface area (TPSA) is 15.3 Å². The third kappa shape index (κ3) is 4.40. The lowest BCUT2D eigenvalue weighted by molar-refractivity contribution is 0.420. The fourth-order valence-electron chi connectivity index (χ4n) is 2.62. The molecular weight excluding hydrogens is 270 g/mol. The third-order valence-electron chi connectivity index (χ3n) is 4.00. The van der Waals surface area contributed by atoms with E-state index in [2.05, 4.69) is 12.2 Å². The molecule has 0 bridgehead atoms. The summed E-state index contributed by atoms with van der Waals surface area (Å²) in [7, 11) is 0. The number of rotatable bonds is 3. The number of piperidine rings is 1. The lowest BCUT2D eigenvalue weighted by Gasteiger charge is -2.32. The van der Waals surface area contributed by atoms with Crippen LogP contribution in [0.15, 0.2) is 12.1 Å². The molecule has 2 rings (SSSR count). The SMILES string of the molecule is CC1CCN(c2c(F)cc(CNC(C)(C)C)cc2F)CC1. The molecule has 1 aliphatic rings. The Hall–Kier alpha value is -1.16. The normalized spacial score (nSPS) is 17.3. The van der Waals surface area contributed by atoms with Gasteiger partial charge in [-0.3, -0.25) is 0 Å². The van der Waals surface area contributed by atoms with E-state index in [9.17, 15) is 8.78 Å². The van der Waals surface area contributed by atoms with Crippen LogP contribution in [0.25, 0.3) is 0 Å². The number of benzene rings is 1. The number of nitrogens with one attached hydrogen (secondary N) is 1. The number of nitrogens with zero attached hydrogens (tertiary/aromatic N) is 1. The Bertz CT molecular complexity index is 463. The maximum Gasteiger partial charge on any atom is 0.149 e. The van der Waals surface area contributed by atoms with Crippen LogP contribution in [0.4, 0.5) is 14.5 Å². The van der Waals surface area contributed by atoms with Crippen LogP contribution in [0.1, 0.15) is 46.1 Å². The predicted molar refractivity (Wildman–Crippen MR) is 83.6 cm³/mol. The zero-order valence-corrected chi connectivity index (χ0v) is 13.5. The molecule has 0 amide bonds. The van der Waals surface area contributed by atoms with Crippen LogP contribution in [-0.2, 0) is 6.54 Å². The smallest absolute Gasteiger partial charge is 0.149 e. The minimum absolute atomic E-state index is 0.0748. The molecule has 0 atom stereocenters. The summed E-state index contributed by atoms with van der Waals surface area (Å²) in [5.74, 6) is -0.256. The molecule has 0 unspecified atom stereocenters. The van der Waals surface area contributed by atoms with Gasteiger partial charge in [0.15, 0.2) is 0 Å². The first kappa shape index (κ1) is 16.2. The van der Waals surface area contributed by atoms with Crippen molar-refractivity contribution < 1.29 is 8.78 Å². The predicted octanol–water partition coefficient (Wildman–Crippen LogP) is 4.09. The molecule has 1 saturated heterocycles. The number of halogens is 2. The summed E-state index contributed by atoms with van der Waals surface area (Å²) in [6.07, 6.45) is 1.98. The highest BCUT2D eigenvalue weighted by Gasteiger charge is 2.22. The molecule has 1 aromatic carbocycles. The number of hydrogen-bond acceptors (Lipinski definition) is 2. The van der Waals surface area contributed by atoms with Gasteiger partial charge < -0.3 is 10.2 Å². The van der Waals surface area contributed by atoms with E-state index in [0.717, 1.165) is 25.9 Å². The van der Waals surface area contributed by atoms with E-state index >= 15 is 0 Å². The van der Waals surface area contributed by atoms with Crippen molar-refractivity contribution in [1.82, 2.24) is 5.32 Å². The second-order valence-corrected chi connectivity index (χ2v) is 7.18. The fraction of sp³-hybridized carbons (Fsp3) is 0.647. The summed E-state index contributed by atoms with van der Waals surface area (Å²) in [6, 6.07) is 2.91. The van der Waals surface area contributed by atoms with E-state index in [4.69, 9.17) is 0 Å². The third-order valence-corrected chi connectivity index (χ3v) is 4.00. The van der Waals surface area contributed by atoms with Gasteiger partial charge in [-0.15, -0.1) is 0 Å². The quantitative estimate of drug-likeness (QED) is 0.904. The molecule has 2 nitrogen and oxygen atoms in total. The molecule has 0 saturated carbocycles. The maximum absolute atomic E-state index is 14.3. The van der Waals surface area contributed by atoms with E-state index in [1.54, 1.807) is 0 Å². The van der Waals surface area contributed by atoms with Gasteiger partial charge in [-0.25, -0.2) is 8.78 Å². The molecule has 1 heterocycles. The molecule has 1 fully saturated rings. The minimum atomic E-state index is -0.449. The van der Waals surface area contributed by atoms with Crippen molar-refractivity contribution in [3.05, 3.63) is 29.3 Å². The summed E-state index contributed by atoms with van der Waals surface area (Å²) in [6.45, 7) is 10.2. The van der Waals surface area contributed by atoms with Gasteiger partial charge in [0, 0.05) is 25.2 Å². The van der Waals surface area contributed by atoms with Crippen molar-refractivity contribution >= 4 is 5.69 Å². The van der Waals surface area contributed by atoms with Gasteiger partial charge in [0.25, 0.3) is 0 Å². The molecule has 0 aliphatic carbocycles. The second-order valence-electron chi connectivity index (χ2n) is 7.18. The van der Waals surface area contributed by atoms with Crippen LogP contribution in [0.3, 0.4) is 0 Å².